The van der Waals surface area contributed by atoms with Crippen LogP contribution in [0.5, 0.6) is 11.5 Å². The fourth-order valence-corrected chi connectivity index (χ4v) is 2.50. The van der Waals surface area contributed by atoms with E-state index in [-0.39, 0.29) is 17.2 Å². The Morgan fingerprint density at radius 1 is 1.00 bits per heavy atom. The zero-order valence-corrected chi connectivity index (χ0v) is 14.6. The van der Waals surface area contributed by atoms with Crippen molar-refractivity contribution in [3.05, 3.63) is 59.7 Å². The fourth-order valence-electron chi connectivity index (χ4n) is 2.50. The van der Waals surface area contributed by atoms with Gasteiger partial charge in [-0.05, 0) is 29.7 Å². The maximum absolute atomic E-state index is 11.6. The highest BCUT2D eigenvalue weighted by atomic mass is 16.6. The van der Waals surface area contributed by atoms with Gasteiger partial charge in [0, 0.05) is 6.42 Å². The summed E-state index contributed by atoms with van der Waals surface area (Å²) in [6.07, 6.45) is -0.819. The lowest BCUT2D eigenvalue weighted by Crippen LogP contribution is -2.63. The molecule has 0 aliphatic heterocycles. The van der Waals surface area contributed by atoms with Gasteiger partial charge >= 0.3 is 11.9 Å². The third kappa shape index (κ3) is 4.96. The van der Waals surface area contributed by atoms with Crippen molar-refractivity contribution in [2.45, 2.75) is 24.6 Å². The van der Waals surface area contributed by atoms with Crippen molar-refractivity contribution in [2.75, 3.05) is 0 Å². The summed E-state index contributed by atoms with van der Waals surface area (Å²) in [6, 6.07) is 10.1. The number of aliphatic hydroxyl groups is 1. The first-order chi connectivity index (χ1) is 13.1. The average Bonchev–Trinajstić information content (AvgIpc) is 2.64. The minimum atomic E-state index is -2.84. The molecule has 10 heteroatoms. The first-order valence-electron chi connectivity index (χ1n) is 8.12. The van der Waals surface area contributed by atoms with Crippen LogP contribution < -0.4 is 5.43 Å². The largest absolute Gasteiger partial charge is 0.504 e. The highest BCUT2D eigenvalue weighted by Crippen LogP contribution is 2.25. The van der Waals surface area contributed by atoms with Crippen LogP contribution in [-0.4, -0.2) is 59.6 Å². The number of carboxylic acids is 2. The van der Waals surface area contributed by atoms with E-state index in [0.29, 0.717) is 5.56 Å². The molecule has 0 aliphatic carbocycles. The van der Waals surface area contributed by atoms with Crippen LogP contribution in [0.3, 0.4) is 0 Å². The maximum atomic E-state index is 11.6. The van der Waals surface area contributed by atoms with Crippen molar-refractivity contribution in [1.82, 2.24) is 10.6 Å². The first-order valence-corrected chi connectivity index (χ1v) is 8.12. The highest BCUT2D eigenvalue weighted by Gasteiger charge is 2.44. The fraction of sp³-hybridized carbons (Fsp3) is 0.222. The van der Waals surface area contributed by atoms with Gasteiger partial charge in [0.05, 0.1) is 0 Å². The van der Waals surface area contributed by atoms with E-state index >= 15 is 0 Å². The van der Waals surface area contributed by atoms with Gasteiger partial charge in [-0.15, -0.1) is 0 Å². The van der Waals surface area contributed by atoms with E-state index < -0.39 is 41.6 Å². The number of hydroxylamine groups is 1. The molecular weight excluding hydrogens is 372 g/mol. The van der Waals surface area contributed by atoms with E-state index in [0.717, 1.165) is 12.1 Å². The predicted molar refractivity (Wildman–Crippen MR) is 94.4 cm³/mol. The molecule has 0 aliphatic rings. The Balaban J connectivity index is 2.20. The number of hydrogen-bond acceptors (Lipinski definition) is 8. The maximum Gasteiger partial charge on any atom is 0.355 e. The number of carboxylic acid groups (broad SMARTS) is 2. The second-order valence-electron chi connectivity index (χ2n) is 6.14. The zero-order chi connectivity index (χ0) is 20.9. The third-order valence-corrected chi connectivity index (χ3v) is 4.04. The van der Waals surface area contributed by atoms with Gasteiger partial charge in [-0.2, -0.15) is 0 Å². The number of aliphatic carboxylic acids is 2. The lowest BCUT2D eigenvalue weighted by molar-refractivity contribution is -0.291. The van der Waals surface area contributed by atoms with Crippen LogP contribution in [-0.2, 0) is 22.4 Å². The van der Waals surface area contributed by atoms with Crippen molar-refractivity contribution < 1.29 is 40.3 Å². The summed E-state index contributed by atoms with van der Waals surface area (Å²) in [5.41, 5.74) is -0.110. The van der Waals surface area contributed by atoms with Crippen molar-refractivity contribution >= 4 is 11.9 Å². The molecule has 0 unspecified atom stereocenters. The molecule has 0 saturated carbocycles. The summed E-state index contributed by atoms with van der Waals surface area (Å²) in [5.74, 6) is -4.10. The minimum Gasteiger partial charge on any atom is -0.504 e. The van der Waals surface area contributed by atoms with Crippen molar-refractivity contribution in [3.8, 4) is 11.5 Å². The van der Waals surface area contributed by atoms with Gasteiger partial charge in [0.25, 0.3) is 5.72 Å². The summed E-state index contributed by atoms with van der Waals surface area (Å²) in [5, 5.41) is 58.0. The summed E-state index contributed by atoms with van der Waals surface area (Å²) >= 11 is 0. The second-order valence-corrected chi connectivity index (χ2v) is 6.14. The smallest absolute Gasteiger partial charge is 0.355 e. The molecule has 0 heterocycles. The number of carbonyl (C=O) groups is 2. The number of phenols is 2. The van der Waals surface area contributed by atoms with Gasteiger partial charge < -0.3 is 25.5 Å². The summed E-state index contributed by atoms with van der Waals surface area (Å²) in [4.78, 5) is 23.1. The average molecular weight is 392 g/mol. The zero-order valence-electron chi connectivity index (χ0n) is 14.6. The number of nitrogens with zero attached hydrogens (tertiary/aromatic N) is 1. The Labute approximate surface area is 159 Å². The van der Waals surface area contributed by atoms with E-state index in [1.807, 2.05) is 0 Å². The van der Waals surface area contributed by atoms with E-state index in [1.165, 1.54) is 18.2 Å². The number of rotatable bonds is 9. The van der Waals surface area contributed by atoms with E-state index in [4.69, 9.17) is 0 Å². The molecule has 10 nitrogen and oxygen atoms in total. The Morgan fingerprint density at radius 3 is 2.18 bits per heavy atom. The molecule has 0 saturated heterocycles. The molecule has 2 atom stereocenters. The lowest BCUT2D eigenvalue weighted by Gasteiger charge is -2.33. The SMILES string of the molecule is O=C(O)[C@H](Cc1ccc(O)c(O)c1)NN(O)[C@@](O)(Cc1ccccc1)C(=O)O. The van der Waals surface area contributed by atoms with Crippen LogP contribution in [0.15, 0.2) is 48.5 Å². The number of aromatic hydroxyl groups is 2. The van der Waals surface area contributed by atoms with E-state index in [1.54, 1.807) is 18.2 Å². The molecular formula is C18H20N2O8. The molecule has 0 amide bonds. The van der Waals surface area contributed by atoms with E-state index in [9.17, 15) is 40.3 Å². The van der Waals surface area contributed by atoms with Crippen LogP contribution >= 0.6 is 0 Å². The van der Waals surface area contributed by atoms with Crippen molar-refractivity contribution in [3.63, 3.8) is 0 Å². The molecule has 2 rings (SSSR count). The number of nitrogens with one attached hydrogen (secondary N) is 1. The van der Waals surface area contributed by atoms with E-state index in [2.05, 4.69) is 5.43 Å². The molecule has 0 radical (unpaired) electrons. The first kappa shape index (κ1) is 21.1. The number of hydrazine groups is 1. The Kier molecular flexibility index (Phi) is 6.54. The Hall–Kier alpha value is -3.18. The number of phenolic OH excluding ortho intramolecular Hbond substituents is 2. The van der Waals surface area contributed by atoms with Crippen LogP contribution in [0.1, 0.15) is 11.1 Å². The second kappa shape index (κ2) is 8.67. The summed E-state index contributed by atoms with van der Waals surface area (Å²) < 4.78 is 0. The summed E-state index contributed by atoms with van der Waals surface area (Å²) in [7, 11) is 0. The monoisotopic (exact) mass is 392 g/mol. The molecule has 150 valence electrons. The molecule has 28 heavy (non-hydrogen) atoms. The normalized spacial score (nSPS) is 14.4. The van der Waals surface area contributed by atoms with Crippen LogP contribution in [0.25, 0.3) is 0 Å². The molecule has 0 aromatic heterocycles. The van der Waals surface area contributed by atoms with Gasteiger partial charge in [-0.25, -0.2) is 10.2 Å². The standard InChI is InChI=1S/C18H20N2O8/c21-14-7-6-12(9-15(14)22)8-13(16(23)24)19-20(28)18(27,17(25)26)10-11-4-2-1-3-5-11/h1-7,9,13,19,21-22,27-28H,8,10H2,(H,23,24)(H,25,26)/t13-,18+/m0/s1. The number of hydrogen-bond donors (Lipinski definition) is 7. The highest BCUT2D eigenvalue weighted by molar-refractivity contribution is 5.77. The lowest BCUT2D eigenvalue weighted by atomic mass is 10.0. The quantitative estimate of drug-likeness (QED) is 0.179. The molecule has 0 spiro atoms. The Morgan fingerprint density at radius 2 is 1.64 bits per heavy atom. The van der Waals surface area contributed by atoms with Gasteiger partial charge in [0.1, 0.15) is 6.04 Å². The summed E-state index contributed by atoms with van der Waals surface area (Å²) in [6.45, 7) is 0. The van der Waals surface area contributed by atoms with Gasteiger partial charge in [0.2, 0.25) is 0 Å². The topological polar surface area (TPSA) is 171 Å². The van der Waals surface area contributed by atoms with Crippen molar-refractivity contribution in [1.29, 1.82) is 0 Å². The van der Waals surface area contributed by atoms with Gasteiger partial charge in [-0.1, -0.05) is 41.6 Å². The Bertz CT molecular complexity index is 845. The van der Waals surface area contributed by atoms with Gasteiger partial charge in [0.15, 0.2) is 11.5 Å². The predicted octanol–water partition coefficient (Wildman–Crippen LogP) is 0.305. The third-order valence-electron chi connectivity index (χ3n) is 4.04. The molecule has 0 fully saturated rings. The minimum absolute atomic E-state index is 0.151. The molecule has 2 aromatic carbocycles. The van der Waals surface area contributed by atoms with Crippen LogP contribution in [0.4, 0.5) is 0 Å². The van der Waals surface area contributed by atoms with Gasteiger partial charge in [-0.3, -0.25) is 10.0 Å². The molecule has 2 aromatic rings. The molecule has 7 N–H and O–H groups in total. The van der Waals surface area contributed by atoms with Crippen LogP contribution in [0, 0.1) is 0 Å². The van der Waals surface area contributed by atoms with Crippen molar-refractivity contribution in [2.24, 2.45) is 0 Å². The molecule has 0 bridgehead atoms. The number of benzene rings is 2. The van der Waals surface area contributed by atoms with Crippen LogP contribution in [0.2, 0.25) is 0 Å².